The second-order valence-electron chi connectivity index (χ2n) is 3.87. The van der Waals surface area contributed by atoms with Crippen LogP contribution in [-0.2, 0) is 5.75 Å². The molecule has 0 radical (unpaired) electrons. The first-order valence-electron chi connectivity index (χ1n) is 5.51. The van der Waals surface area contributed by atoms with E-state index in [1.807, 2.05) is 0 Å². The van der Waals surface area contributed by atoms with Crippen molar-refractivity contribution in [1.29, 1.82) is 0 Å². The molecule has 0 aliphatic carbocycles. The van der Waals surface area contributed by atoms with Crippen LogP contribution in [0, 0.1) is 0 Å². The van der Waals surface area contributed by atoms with Gasteiger partial charge in [0.25, 0.3) is 11.5 Å². The van der Waals surface area contributed by atoms with Crippen LogP contribution in [0.1, 0.15) is 16.1 Å². The molecule has 20 heavy (non-hydrogen) atoms. The number of benzene rings is 1. The highest BCUT2D eigenvalue weighted by atomic mass is 35.5. The molecule has 0 aliphatic rings. The van der Waals surface area contributed by atoms with E-state index in [9.17, 15) is 14.4 Å². The highest BCUT2D eigenvalue weighted by Gasteiger charge is 2.14. The number of primary amides is 1. The average Bonchev–Trinajstić information content (AvgIpc) is 2.38. The Morgan fingerprint density at radius 1 is 1.20 bits per heavy atom. The minimum atomic E-state index is -0.847. The van der Waals surface area contributed by atoms with Crippen molar-refractivity contribution in [2.75, 3.05) is 0 Å². The summed E-state index contributed by atoms with van der Waals surface area (Å²) in [6.45, 7) is 0. The zero-order valence-electron chi connectivity index (χ0n) is 10.1. The van der Waals surface area contributed by atoms with Crippen molar-refractivity contribution >= 4 is 29.3 Å². The van der Waals surface area contributed by atoms with Gasteiger partial charge in [0.1, 0.15) is 5.69 Å². The van der Waals surface area contributed by atoms with E-state index < -0.39 is 17.2 Å². The van der Waals surface area contributed by atoms with Crippen molar-refractivity contribution in [2.24, 2.45) is 5.73 Å². The molecule has 1 aromatic heterocycles. The number of carbonyl (C=O) groups excluding carboxylic acids is 1. The van der Waals surface area contributed by atoms with E-state index in [4.69, 9.17) is 17.3 Å². The first kappa shape index (κ1) is 14.4. The molecule has 0 saturated carbocycles. The van der Waals surface area contributed by atoms with Crippen LogP contribution in [0.25, 0.3) is 0 Å². The predicted molar refractivity (Wildman–Crippen MR) is 77.2 cm³/mol. The van der Waals surface area contributed by atoms with E-state index in [1.54, 1.807) is 24.3 Å². The first-order chi connectivity index (χ1) is 9.47. The van der Waals surface area contributed by atoms with Crippen LogP contribution in [0.3, 0.4) is 0 Å². The zero-order chi connectivity index (χ0) is 14.7. The molecule has 6 nitrogen and oxygen atoms in total. The van der Waals surface area contributed by atoms with Gasteiger partial charge in [-0.1, -0.05) is 11.6 Å². The minimum Gasteiger partial charge on any atom is -0.364 e. The number of hydrogen-bond acceptors (Lipinski definition) is 4. The van der Waals surface area contributed by atoms with Crippen LogP contribution in [0.15, 0.2) is 38.8 Å². The summed E-state index contributed by atoms with van der Waals surface area (Å²) in [6.07, 6.45) is 0. The summed E-state index contributed by atoms with van der Waals surface area (Å²) >= 11 is 7.10. The van der Waals surface area contributed by atoms with Crippen molar-refractivity contribution in [3.63, 3.8) is 0 Å². The van der Waals surface area contributed by atoms with Gasteiger partial charge in [-0.2, -0.15) is 0 Å². The molecule has 0 spiro atoms. The SMILES string of the molecule is NC(=O)c1[nH]c(=O)[nH]c(=O)c1CSc1ccc(Cl)cc1. The molecule has 1 heterocycles. The molecular weight excluding hydrogens is 302 g/mol. The van der Waals surface area contributed by atoms with Gasteiger partial charge in [-0.25, -0.2) is 4.79 Å². The van der Waals surface area contributed by atoms with Gasteiger partial charge < -0.3 is 10.7 Å². The Bertz CT molecular complexity index is 752. The Kier molecular flexibility index (Phi) is 4.31. The van der Waals surface area contributed by atoms with Gasteiger partial charge in [-0.05, 0) is 24.3 Å². The standard InChI is InChI=1S/C12H10ClN3O3S/c13-6-1-3-7(4-2-6)20-5-8-9(10(14)17)15-12(19)16-11(8)18/h1-4H,5H2,(H2,14,17)(H2,15,16,18,19). The summed E-state index contributed by atoms with van der Waals surface area (Å²) in [5.41, 5.74) is 3.74. The van der Waals surface area contributed by atoms with Gasteiger partial charge in [-0.15, -0.1) is 11.8 Å². The Hall–Kier alpha value is -1.99. The van der Waals surface area contributed by atoms with Gasteiger partial charge in [0, 0.05) is 15.7 Å². The van der Waals surface area contributed by atoms with Crippen LogP contribution in [-0.4, -0.2) is 15.9 Å². The number of halogens is 1. The molecule has 0 saturated heterocycles. The molecule has 0 unspecified atom stereocenters. The minimum absolute atomic E-state index is 0.136. The lowest BCUT2D eigenvalue weighted by molar-refractivity contribution is 0.0994. The van der Waals surface area contributed by atoms with Crippen LogP contribution >= 0.6 is 23.4 Å². The van der Waals surface area contributed by atoms with Crippen molar-refractivity contribution in [3.8, 4) is 0 Å². The summed E-state index contributed by atoms with van der Waals surface area (Å²) in [4.78, 5) is 39.3. The highest BCUT2D eigenvalue weighted by molar-refractivity contribution is 7.98. The van der Waals surface area contributed by atoms with Gasteiger partial charge in [0.05, 0.1) is 5.56 Å². The lowest BCUT2D eigenvalue weighted by atomic mass is 10.2. The summed E-state index contributed by atoms with van der Waals surface area (Å²) in [7, 11) is 0. The number of amides is 1. The van der Waals surface area contributed by atoms with Gasteiger partial charge >= 0.3 is 5.69 Å². The fourth-order valence-electron chi connectivity index (χ4n) is 1.55. The molecule has 8 heteroatoms. The molecule has 2 rings (SSSR count). The lowest BCUT2D eigenvalue weighted by Gasteiger charge is -2.05. The molecule has 0 fully saturated rings. The molecule has 104 valence electrons. The summed E-state index contributed by atoms with van der Waals surface area (Å²) in [5, 5.41) is 0.606. The van der Waals surface area contributed by atoms with E-state index in [1.165, 1.54) is 11.8 Å². The predicted octanol–water partition coefficient (Wildman–Crippen LogP) is 1.11. The van der Waals surface area contributed by atoms with Crippen molar-refractivity contribution < 1.29 is 4.79 Å². The number of H-pyrrole nitrogens is 2. The largest absolute Gasteiger partial charge is 0.364 e. The molecule has 0 bridgehead atoms. The van der Waals surface area contributed by atoms with Gasteiger partial charge in [0.2, 0.25) is 0 Å². The molecular formula is C12H10ClN3O3S. The summed E-state index contributed by atoms with van der Waals surface area (Å²) in [6, 6.07) is 7.01. The lowest BCUT2D eigenvalue weighted by Crippen LogP contribution is -2.31. The number of nitrogens with two attached hydrogens (primary N) is 1. The Balaban J connectivity index is 2.29. The molecule has 1 aromatic carbocycles. The normalized spacial score (nSPS) is 10.4. The highest BCUT2D eigenvalue weighted by Crippen LogP contribution is 2.23. The summed E-state index contributed by atoms with van der Waals surface area (Å²) < 4.78 is 0. The third-order valence-electron chi connectivity index (χ3n) is 2.48. The van der Waals surface area contributed by atoms with E-state index in [0.29, 0.717) is 5.02 Å². The van der Waals surface area contributed by atoms with Crippen LogP contribution in [0.4, 0.5) is 0 Å². The number of nitrogens with one attached hydrogen (secondary N) is 2. The fourth-order valence-corrected chi connectivity index (χ4v) is 2.59. The van der Waals surface area contributed by atoms with Crippen LogP contribution in [0.5, 0.6) is 0 Å². The Labute approximate surface area is 122 Å². The molecule has 1 amide bonds. The number of carbonyl (C=O) groups is 1. The maximum absolute atomic E-state index is 11.7. The number of aromatic nitrogens is 2. The van der Waals surface area contributed by atoms with Crippen LogP contribution < -0.4 is 17.0 Å². The third kappa shape index (κ3) is 3.31. The maximum Gasteiger partial charge on any atom is 0.326 e. The first-order valence-corrected chi connectivity index (χ1v) is 6.87. The number of rotatable bonds is 4. The number of thioether (sulfide) groups is 1. The van der Waals surface area contributed by atoms with Crippen LogP contribution in [0.2, 0.25) is 5.02 Å². The maximum atomic E-state index is 11.7. The summed E-state index contributed by atoms with van der Waals surface area (Å²) in [5.74, 6) is -0.647. The smallest absolute Gasteiger partial charge is 0.326 e. The number of hydrogen-bond donors (Lipinski definition) is 3. The fraction of sp³-hybridized carbons (Fsp3) is 0.0833. The molecule has 0 aliphatic heterocycles. The zero-order valence-corrected chi connectivity index (χ0v) is 11.7. The topological polar surface area (TPSA) is 109 Å². The second kappa shape index (κ2) is 5.98. The van der Waals surface area contributed by atoms with E-state index in [2.05, 4.69) is 9.97 Å². The van der Waals surface area contributed by atoms with E-state index in [0.717, 1.165) is 4.90 Å². The quantitative estimate of drug-likeness (QED) is 0.735. The van der Waals surface area contributed by atoms with Crippen molar-refractivity contribution in [1.82, 2.24) is 9.97 Å². The van der Waals surface area contributed by atoms with E-state index in [-0.39, 0.29) is 17.0 Å². The average molecular weight is 312 g/mol. The monoisotopic (exact) mass is 311 g/mol. The molecule has 4 N–H and O–H groups in total. The molecule has 0 atom stereocenters. The van der Waals surface area contributed by atoms with Crippen molar-refractivity contribution in [2.45, 2.75) is 10.6 Å². The van der Waals surface area contributed by atoms with Crippen molar-refractivity contribution in [3.05, 3.63) is 61.4 Å². The Morgan fingerprint density at radius 2 is 1.85 bits per heavy atom. The second-order valence-corrected chi connectivity index (χ2v) is 5.35. The number of aromatic amines is 2. The van der Waals surface area contributed by atoms with Gasteiger partial charge in [0.15, 0.2) is 0 Å². The van der Waals surface area contributed by atoms with E-state index >= 15 is 0 Å². The third-order valence-corrected chi connectivity index (χ3v) is 3.78. The molecule has 2 aromatic rings. The Morgan fingerprint density at radius 3 is 2.45 bits per heavy atom. The van der Waals surface area contributed by atoms with Gasteiger partial charge in [-0.3, -0.25) is 14.6 Å².